The standard InChI is InChI=1S/C11H14FNO3S/c12-9-1-3-10(4-2-9)13-11(7-14)5-6-17(15,16)8-11/h1-4,13-14H,5-8H2. The van der Waals surface area contributed by atoms with Crippen LogP contribution in [0.2, 0.25) is 0 Å². The maximum atomic E-state index is 12.7. The van der Waals surface area contributed by atoms with Crippen molar-refractivity contribution in [3.05, 3.63) is 30.1 Å². The molecule has 1 fully saturated rings. The van der Waals surface area contributed by atoms with Crippen molar-refractivity contribution < 1.29 is 17.9 Å². The van der Waals surface area contributed by atoms with E-state index >= 15 is 0 Å². The molecule has 17 heavy (non-hydrogen) atoms. The summed E-state index contributed by atoms with van der Waals surface area (Å²) in [5, 5.41) is 12.4. The molecule has 0 aromatic heterocycles. The molecule has 0 saturated carbocycles. The lowest BCUT2D eigenvalue weighted by molar-refractivity contribution is 0.226. The lowest BCUT2D eigenvalue weighted by atomic mass is 10.00. The van der Waals surface area contributed by atoms with Crippen molar-refractivity contribution in [3.63, 3.8) is 0 Å². The van der Waals surface area contributed by atoms with Gasteiger partial charge in [-0.25, -0.2) is 12.8 Å². The van der Waals surface area contributed by atoms with Crippen LogP contribution in [0.25, 0.3) is 0 Å². The van der Waals surface area contributed by atoms with E-state index in [1.165, 1.54) is 24.3 Å². The van der Waals surface area contributed by atoms with E-state index < -0.39 is 15.4 Å². The summed E-state index contributed by atoms with van der Waals surface area (Å²) < 4.78 is 35.6. The van der Waals surface area contributed by atoms with Crippen molar-refractivity contribution in [2.45, 2.75) is 12.0 Å². The fraction of sp³-hybridized carbons (Fsp3) is 0.455. The van der Waals surface area contributed by atoms with Gasteiger partial charge in [-0.1, -0.05) is 0 Å². The molecule has 4 nitrogen and oxygen atoms in total. The molecule has 1 aromatic rings. The molecule has 94 valence electrons. The molecule has 0 radical (unpaired) electrons. The van der Waals surface area contributed by atoms with E-state index in [0.717, 1.165) is 0 Å². The first kappa shape index (κ1) is 12.3. The second-order valence-corrected chi connectivity index (χ2v) is 6.60. The van der Waals surface area contributed by atoms with Crippen LogP contribution < -0.4 is 5.32 Å². The summed E-state index contributed by atoms with van der Waals surface area (Å²) in [5.74, 6) is -0.372. The average molecular weight is 259 g/mol. The Morgan fingerprint density at radius 2 is 2.00 bits per heavy atom. The summed E-state index contributed by atoms with van der Waals surface area (Å²) in [4.78, 5) is 0. The summed E-state index contributed by atoms with van der Waals surface area (Å²) in [6.07, 6.45) is 0.364. The number of hydrogen-bond acceptors (Lipinski definition) is 4. The topological polar surface area (TPSA) is 66.4 Å². The molecule has 1 aliphatic heterocycles. The smallest absolute Gasteiger partial charge is 0.152 e. The van der Waals surface area contributed by atoms with Crippen LogP contribution in [-0.2, 0) is 9.84 Å². The average Bonchev–Trinajstić information content (AvgIpc) is 2.59. The van der Waals surface area contributed by atoms with E-state index in [1.54, 1.807) is 0 Å². The zero-order valence-corrected chi connectivity index (χ0v) is 10.0. The van der Waals surface area contributed by atoms with E-state index in [-0.39, 0.29) is 23.9 Å². The summed E-state index contributed by atoms with van der Waals surface area (Å²) >= 11 is 0. The molecule has 0 amide bonds. The molecule has 2 rings (SSSR count). The van der Waals surface area contributed by atoms with E-state index in [2.05, 4.69) is 5.32 Å². The zero-order valence-electron chi connectivity index (χ0n) is 9.19. The molecule has 2 N–H and O–H groups in total. The van der Waals surface area contributed by atoms with E-state index in [0.29, 0.717) is 12.1 Å². The van der Waals surface area contributed by atoms with Crippen LogP contribution in [0.4, 0.5) is 10.1 Å². The molecule has 1 aliphatic rings. The van der Waals surface area contributed by atoms with Gasteiger partial charge in [0.05, 0.1) is 23.7 Å². The number of aliphatic hydroxyl groups is 1. The summed E-state index contributed by atoms with van der Waals surface area (Å²) in [7, 11) is -3.09. The molecule has 1 saturated heterocycles. The number of anilines is 1. The molecule has 1 atom stereocenters. The van der Waals surface area contributed by atoms with Gasteiger partial charge in [0.2, 0.25) is 0 Å². The molecular formula is C11H14FNO3S. The number of halogens is 1. The molecule has 0 spiro atoms. The Morgan fingerprint density at radius 1 is 1.35 bits per heavy atom. The fourth-order valence-electron chi connectivity index (χ4n) is 2.02. The molecular weight excluding hydrogens is 245 g/mol. The second-order valence-electron chi connectivity index (χ2n) is 4.41. The Balaban J connectivity index is 2.18. The number of benzene rings is 1. The molecule has 6 heteroatoms. The predicted molar refractivity (Wildman–Crippen MR) is 63.1 cm³/mol. The number of nitrogens with one attached hydrogen (secondary N) is 1. The first-order chi connectivity index (χ1) is 7.95. The zero-order chi connectivity index (χ0) is 12.5. The Morgan fingerprint density at radius 3 is 2.47 bits per heavy atom. The summed E-state index contributed by atoms with van der Waals surface area (Å²) in [6.45, 7) is -0.260. The van der Waals surface area contributed by atoms with E-state index in [9.17, 15) is 17.9 Å². The van der Waals surface area contributed by atoms with Gasteiger partial charge in [0.15, 0.2) is 9.84 Å². The van der Waals surface area contributed by atoms with Crippen molar-refractivity contribution in [1.29, 1.82) is 0 Å². The summed E-state index contributed by atoms with van der Waals surface area (Å²) in [6, 6.07) is 5.63. The van der Waals surface area contributed by atoms with Crippen LogP contribution in [0, 0.1) is 5.82 Å². The number of sulfone groups is 1. The minimum atomic E-state index is -3.09. The minimum absolute atomic E-state index is 0.0712. The summed E-state index contributed by atoms with van der Waals surface area (Å²) in [5.41, 5.74) is -0.228. The third-order valence-corrected chi connectivity index (χ3v) is 4.76. The lowest BCUT2D eigenvalue weighted by Crippen LogP contribution is -2.43. The van der Waals surface area contributed by atoms with Crippen LogP contribution in [0.3, 0.4) is 0 Å². The van der Waals surface area contributed by atoms with Crippen LogP contribution in [0.5, 0.6) is 0 Å². The maximum absolute atomic E-state index is 12.7. The van der Waals surface area contributed by atoms with Crippen molar-refractivity contribution >= 4 is 15.5 Å². The highest BCUT2D eigenvalue weighted by Gasteiger charge is 2.41. The van der Waals surface area contributed by atoms with Gasteiger partial charge >= 0.3 is 0 Å². The van der Waals surface area contributed by atoms with Crippen molar-refractivity contribution in [3.8, 4) is 0 Å². The predicted octanol–water partition coefficient (Wildman–Crippen LogP) is 0.787. The van der Waals surface area contributed by atoms with Crippen LogP contribution in [0.1, 0.15) is 6.42 Å². The van der Waals surface area contributed by atoms with E-state index in [4.69, 9.17) is 0 Å². The Bertz CT molecular complexity index is 500. The van der Waals surface area contributed by atoms with Crippen LogP contribution in [0.15, 0.2) is 24.3 Å². The Kier molecular flexibility index (Phi) is 3.09. The Hall–Kier alpha value is -1.14. The minimum Gasteiger partial charge on any atom is -0.394 e. The van der Waals surface area contributed by atoms with Gasteiger partial charge in [0.25, 0.3) is 0 Å². The lowest BCUT2D eigenvalue weighted by Gasteiger charge is -2.27. The van der Waals surface area contributed by atoms with Gasteiger partial charge in [0.1, 0.15) is 5.82 Å². The number of hydrogen-bond donors (Lipinski definition) is 2. The van der Waals surface area contributed by atoms with Crippen LogP contribution >= 0.6 is 0 Å². The van der Waals surface area contributed by atoms with E-state index in [1.807, 2.05) is 0 Å². The first-order valence-corrected chi connectivity index (χ1v) is 7.12. The van der Waals surface area contributed by atoms with Crippen molar-refractivity contribution in [1.82, 2.24) is 0 Å². The molecule has 1 unspecified atom stereocenters. The van der Waals surface area contributed by atoms with Gasteiger partial charge in [-0.2, -0.15) is 0 Å². The van der Waals surface area contributed by atoms with Crippen LogP contribution in [-0.4, -0.2) is 37.2 Å². The van der Waals surface area contributed by atoms with Gasteiger partial charge in [0, 0.05) is 5.69 Å². The van der Waals surface area contributed by atoms with Gasteiger partial charge < -0.3 is 10.4 Å². The third-order valence-electron chi connectivity index (χ3n) is 2.94. The molecule has 0 aliphatic carbocycles. The molecule has 1 aromatic carbocycles. The highest BCUT2D eigenvalue weighted by molar-refractivity contribution is 7.91. The van der Waals surface area contributed by atoms with Gasteiger partial charge in [-0.15, -0.1) is 0 Å². The highest BCUT2D eigenvalue weighted by Crippen LogP contribution is 2.27. The van der Waals surface area contributed by atoms with Gasteiger partial charge in [-0.3, -0.25) is 0 Å². The quantitative estimate of drug-likeness (QED) is 0.842. The largest absolute Gasteiger partial charge is 0.394 e. The second kappa shape index (κ2) is 4.27. The SMILES string of the molecule is O=S1(=O)CCC(CO)(Nc2ccc(F)cc2)C1. The monoisotopic (exact) mass is 259 g/mol. The normalized spacial score (nSPS) is 26.9. The Labute approximate surface area is 99.4 Å². The van der Waals surface area contributed by atoms with Gasteiger partial charge in [-0.05, 0) is 30.7 Å². The fourth-order valence-corrected chi connectivity index (χ4v) is 4.01. The maximum Gasteiger partial charge on any atom is 0.152 e. The molecule has 1 heterocycles. The highest BCUT2D eigenvalue weighted by atomic mass is 32.2. The first-order valence-electron chi connectivity index (χ1n) is 5.30. The van der Waals surface area contributed by atoms with Crippen molar-refractivity contribution in [2.24, 2.45) is 0 Å². The number of rotatable bonds is 3. The number of aliphatic hydroxyl groups excluding tert-OH is 1. The molecule has 0 bridgehead atoms. The van der Waals surface area contributed by atoms with Crippen molar-refractivity contribution in [2.75, 3.05) is 23.4 Å². The third kappa shape index (κ3) is 2.76.